The number of imide groups is 1. The van der Waals surface area contributed by atoms with Crippen molar-refractivity contribution in [1.29, 1.82) is 0 Å². The number of halogens is 3. The van der Waals surface area contributed by atoms with Crippen LogP contribution in [0.4, 0.5) is 8.78 Å². The van der Waals surface area contributed by atoms with Crippen molar-refractivity contribution in [3.8, 4) is 0 Å². The third-order valence-corrected chi connectivity index (χ3v) is 8.35. The molecule has 1 fully saturated rings. The van der Waals surface area contributed by atoms with Gasteiger partial charge in [0.2, 0.25) is 19.8 Å². The molecule has 0 aliphatic carbocycles. The summed E-state index contributed by atoms with van der Waals surface area (Å²) in [6.45, 7) is 0.114. The van der Waals surface area contributed by atoms with Crippen LogP contribution in [0.2, 0.25) is 16.7 Å². The molecule has 2 aliphatic rings. The van der Waals surface area contributed by atoms with Crippen LogP contribution in [0.5, 0.6) is 0 Å². The molecule has 4 rings (SSSR count). The molecule has 1 saturated heterocycles. The molecule has 186 valence electrons. The second-order valence-corrected chi connectivity index (χ2v) is 10.5. The van der Waals surface area contributed by atoms with Crippen LogP contribution in [0.25, 0.3) is 0 Å². The highest BCUT2D eigenvalue weighted by atomic mass is 35.5. The van der Waals surface area contributed by atoms with Crippen LogP contribution in [-0.2, 0) is 26.9 Å². The van der Waals surface area contributed by atoms with Gasteiger partial charge in [0.25, 0.3) is 11.8 Å². The van der Waals surface area contributed by atoms with Gasteiger partial charge >= 0.3 is 5.92 Å². The number of hydrogen-bond acceptors (Lipinski definition) is 4. The van der Waals surface area contributed by atoms with Crippen LogP contribution >= 0.6 is 11.6 Å². The molecule has 0 aromatic heterocycles. The zero-order chi connectivity index (χ0) is 27.4. The van der Waals surface area contributed by atoms with Gasteiger partial charge in [0.1, 0.15) is 31.4 Å². The molecule has 3 unspecified atom stereocenters. The molecule has 2 aliphatic heterocycles. The molecular weight excluding hydrogens is 498 g/mol. The average molecular weight is 521 g/mol. The average Bonchev–Trinajstić information content (AvgIpc) is 3.21. The van der Waals surface area contributed by atoms with Gasteiger partial charge in [-0.3, -0.25) is 24.5 Å². The van der Waals surface area contributed by atoms with E-state index < -0.39 is 46.3 Å². The Bertz CT molecular complexity index is 1320. The van der Waals surface area contributed by atoms with Crippen molar-refractivity contribution in [3.05, 3.63) is 69.7 Å². The van der Waals surface area contributed by atoms with Crippen molar-refractivity contribution in [2.24, 2.45) is 0 Å². The molecule has 0 radical (unpaired) electrons. The quantitative estimate of drug-likeness (QED) is 0.362. The van der Waals surface area contributed by atoms with Crippen molar-refractivity contribution in [2.45, 2.75) is 35.5 Å². The fraction of sp³-hybridized carbons (Fsp3) is 0.273. The Balaban J connectivity index is 1.58. The summed E-state index contributed by atoms with van der Waals surface area (Å²) in [5.41, 5.74) is -0.140. The van der Waals surface area contributed by atoms with Gasteiger partial charge in [-0.15, -0.1) is 0 Å². The number of fused-ring (bicyclic) bond motifs is 1. The summed E-state index contributed by atoms with van der Waals surface area (Å²) >= 11 is 5.78. The maximum Gasteiger partial charge on any atom is 0.348 e. The fourth-order valence-electron chi connectivity index (χ4n) is 5.02. The first-order valence-electron chi connectivity index (χ1n) is 11.9. The zero-order valence-electron chi connectivity index (χ0n) is 21.1. The van der Waals surface area contributed by atoms with Crippen LogP contribution < -0.4 is 5.32 Å². The zero-order valence-corrected chi connectivity index (χ0v) is 21.9. The lowest BCUT2D eigenvalue weighted by atomic mass is 9.48. The minimum absolute atomic E-state index is 0.114. The third kappa shape index (κ3) is 4.29. The van der Waals surface area contributed by atoms with Gasteiger partial charge in [0.05, 0.1) is 5.44 Å². The van der Waals surface area contributed by atoms with Gasteiger partial charge in [-0.2, -0.15) is 8.78 Å². The van der Waals surface area contributed by atoms with Crippen LogP contribution in [-0.4, -0.2) is 78.1 Å². The molecule has 0 saturated carbocycles. The lowest BCUT2D eigenvalue weighted by Gasteiger charge is -2.47. The molecule has 7 nitrogen and oxygen atoms in total. The smallest absolute Gasteiger partial charge is 0.348 e. The number of nitrogens with one attached hydrogen (secondary N) is 1. The molecular formula is C22H23B5ClF2N3O4. The Labute approximate surface area is 222 Å². The van der Waals surface area contributed by atoms with Crippen molar-refractivity contribution in [1.82, 2.24) is 15.0 Å². The van der Waals surface area contributed by atoms with Crippen LogP contribution in [0, 0.1) is 0 Å². The molecule has 2 heterocycles. The molecule has 37 heavy (non-hydrogen) atoms. The Morgan fingerprint density at radius 2 is 1.78 bits per heavy atom. The number of rotatable bonds is 5. The summed E-state index contributed by atoms with van der Waals surface area (Å²) in [5, 5.41) is 2.65. The van der Waals surface area contributed by atoms with Crippen LogP contribution in [0.3, 0.4) is 0 Å². The molecule has 0 bridgehead atoms. The number of amides is 4. The van der Waals surface area contributed by atoms with Crippen molar-refractivity contribution in [2.75, 3.05) is 0 Å². The Morgan fingerprint density at radius 1 is 1.16 bits per heavy atom. The van der Waals surface area contributed by atoms with Crippen molar-refractivity contribution < 1.29 is 28.0 Å². The second kappa shape index (κ2) is 9.38. The number of carbonyl (C=O) groups excluding carboxylic acids is 4. The van der Waals surface area contributed by atoms with Crippen LogP contribution in [0.1, 0.15) is 33.0 Å². The van der Waals surface area contributed by atoms with Crippen LogP contribution in [0.15, 0.2) is 42.5 Å². The van der Waals surface area contributed by atoms with Gasteiger partial charge in [0, 0.05) is 34.5 Å². The maximum absolute atomic E-state index is 15.0. The molecule has 4 amide bonds. The van der Waals surface area contributed by atoms with Gasteiger partial charge in [0.15, 0.2) is 0 Å². The highest BCUT2D eigenvalue weighted by Crippen LogP contribution is 2.41. The number of benzene rings is 2. The standard InChI is InChI=1S/C22H23B5ClF2N3O4/c23-14-15(24)21(26,19(36)31-17(14)34)32-8-10-7-9(1-6-13(10)18(32)35)16(25)33(27)20(37)22(29,30)11-2-4-12(28)5-3-11/h1-7,14-16H,8,23-27H2,(H,31,34,36)/t14?,15?,16?,21-/m0/s1. The van der Waals surface area contributed by atoms with Gasteiger partial charge in [-0.05, 0) is 35.1 Å². The van der Waals surface area contributed by atoms with E-state index in [0.29, 0.717) is 16.7 Å². The molecule has 15 heteroatoms. The van der Waals surface area contributed by atoms with E-state index in [1.807, 2.05) is 0 Å². The lowest BCUT2D eigenvalue weighted by molar-refractivity contribution is -0.154. The first kappa shape index (κ1) is 27.0. The summed E-state index contributed by atoms with van der Waals surface area (Å²) < 4.78 is 29.9. The summed E-state index contributed by atoms with van der Waals surface area (Å²) in [5.74, 6) is -8.03. The van der Waals surface area contributed by atoms with E-state index in [2.05, 4.69) is 5.32 Å². The number of piperidine rings is 1. The molecule has 0 spiro atoms. The SMILES string of the molecule is BC1C(=O)NC(=O)[C@@](B)(N2Cc3cc(C(B)N(B)C(=O)C(F)(F)c4ccc(Cl)cc4)ccc3C2=O)C1B. The Hall–Kier alpha value is -3.01. The predicted octanol–water partition coefficient (Wildman–Crippen LogP) is -2.07. The van der Waals surface area contributed by atoms with E-state index in [0.717, 1.165) is 16.9 Å². The summed E-state index contributed by atoms with van der Waals surface area (Å²) in [6, 6.07) is 9.74. The minimum atomic E-state index is -3.76. The first-order chi connectivity index (χ1) is 17.2. The van der Waals surface area contributed by atoms with Gasteiger partial charge in [-0.25, -0.2) is 0 Å². The Morgan fingerprint density at radius 3 is 2.41 bits per heavy atom. The summed E-state index contributed by atoms with van der Waals surface area (Å²) in [6.07, 6.45) is 0. The number of nitrogens with zero attached hydrogens (tertiary/aromatic N) is 2. The number of carbonyl (C=O) groups is 4. The first-order valence-corrected chi connectivity index (χ1v) is 12.3. The largest absolute Gasteiger partial charge is 0.389 e. The monoisotopic (exact) mass is 521 g/mol. The van der Waals surface area contributed by atoms with Crippen molar-refractivity contribution >= 4 is 74.6 Å². The molecule has 2 aromatic carbocycles. The number of alkyl halides is 2. The van der Waals surface area contributed by atoms with Crippen molar-refractivity contribution in [3.63, 3.8) is 0 Å². The minimum Gasteiger partial charge on any atom is -0.389 e. The lowest BCUT2D eigenvalue weighted by Crippen LogP contribution is -2.67. The fourth-order valence-corrected chi connectivity index (χ4v) is 5.15. The predicted molar refractivity (Wildman–Crippen MR) is 147 cm³/mol. The Kier molecular flexibility index (Phi) is 6.86. The van der Waals surface area contributed by atoms with E-state index in [1.165, 1.54) is 25.0 Å². The van der Waals surface area contributed by atoms with E-state index in [1.54, 1.807) is 49.6 Å². The van der Waals surface area contributed by atoms with E-state index in [4.69, 9.17) is 11.6 Å². The molecule has 2 aromatic rings. The number of hydrogen-bond donors (Lipinski definition) is 1. The summed E-state index contributed by atoms with van der Waals surface area (Å²) in [7, 11) is 8.05. The maximum atomic E-state index is 15.0. The summed E-state index contributed by atoms with van der Waals surface area (Å²) in [4.78, 5) is 53.5. The normalized spacial score (nSPS) is 24.4. The van der Waals surface area contributed by atoms with E-state index >= 15 is 0 Å². The van der Waals surface area contributed by atoms with Gasteiger partial charge < -0.3 is 9.71 Å². The topological polar surface area (TPSA) is 86.8 Å². The van der Waals surface area contributed by atoms with Gasteiger partial charge in [-0.1, -0.05) is 35.9 Å². The highest BCUT2D eigenvalue weighted by molar-refractivity contribution is 6.43. The second-order valence-electron chi connectivity index (χ2n) is 10.0. The van der Waals surface area contributed by atoms with E-state index in [9.17, 15) is 28.0 Å². The molecule has 1 N–H and O–H groups in total. The van der Waals surface area contributed by atoms with E-state index in [-0.39, 0.29) is 23.4 Å². The molecule has 4 atom stereocenters. The third-order valence-electron chi connectivity index (χ3n) is 8.10. The highest BCUT2D eigenvalue weighted by Gasteiger charge is 2.54.